The molecule has 2 rings (SSSR count). The highest BCUT2D eigenvalue weighted by Gasteiger charge is 2.16. The molecule has 0 aliphatic heterocycles. The van der Waals surface area contributed by atoms with Crippen LogP contribution in [0.4, 0.5) is 5.69 Å². The molecule has 6 nitrogen and oxygen atoms in total. The van der Waals surface area contributed by atoms with Gasteiger partial charge >= 0.3 is 0 Å². The fourth-order valence-corrected chi connectivity index (χ4v) is 3.11. The highest BCUT2D eigenvalue weighted by Crippen LogP contribution is 2.19. The molecule has 25 heavy (non-hydrogen) atoms. The smallest absolute Gasteiger partial charge is 0.262 e. The van der Waals surface area contributed by atoms with Crippen molar-refractivity contribution in [1.29, 1.82) is 0 Å². The number of benzene rings is 2. The third kappa shape index (κ3) is 4.80. The van der Waals surface area contributed by atoms with Gasteiger partial charge in [-0.2, -0.15) is 0 Å². The summed E-state index contributed by atoms with van der Waals surface area (Å²) in [6.45, 7) is 1.86. The van der Waals surface area contributed by atoms with Gasteiger partial charge in [-0.25, -0.2) is 12.7 Å². The predicted molar refractivity (Wildman–Crippen MR) is 97.3 cm³/mol. The highest BCUT2D eigenvalue weighted by molar-refractivity contribution is 7.89. The lowest BCUT2D eigenvalue weighted by Crippen LogP contribution is -2.22. The second kappa shape index (κ2) is 8.13. The van der Waals surface area contributed by atoms with Gasteiger partial charge in [-0.1, -0.05) is 25.1 Å². The fourth-order valence-electron chi connectivity index (χ4n) is 2.20. The Hall–Kier alpha value is -2.38. The maximum Gasteiger partial charge on any atom is 0.262 e. The number of aryl methyl sites for hydroxylation is 1. The van der Waals surface area contributed by atoms with Gasteiger partial charge in [0.1, 0.15) is 5.75 Å². The van der Waals surface area contributed by atoms with Crippen molar-refractivity contribution in [2.45, 2.75) is 18.2 Å². The fraction of sp³-hybridized carbons (Fsp3) is 0.278. The molecule has 0 spiro atoms. The number of hydrogen-bond acceptors (Lipinski definition) is 4. The molecule has 0 aromatic heterocycles. The molecule has 0 bridgehead atoms. The Balaban J connectivity index is 1.96. The van der Waals surface area contributed by atoms with Crippen LogP contribution in [0.5, 0.6) is 5.75 Å². The monoisotopic (exact) mass is 362 g/mol. The second-order valence-corrected chi connectivity index (χ2v) is 7.76. The van der Waals surface area contributed by atoms with Crippen molar-refractivity contribution in [2.75, 3.05) is 26.0 Å². The summed E-state index contributed by atoms with van der Waals surface area (Å²) < 4.78 is 30.5. The number of anilines is 1. The van der Waals surface area contributed by atoms with Crippen LogP contribution in [0.2, 0.25) is 0 Å². The first kappa shape index (κ1) is 19.0. The van der Waals surface area contributed by atoms with Crippen molar-refractivity contribution in [1.82, 2.24) is 4.31 Å². The lowest BCUT2D eigenvalue weighted by molar-refractivity contribution is -0.118. The molecule has 0 saturated heterocycles. The molecule has 0 radical (unpaired) electrons. The molecule has 0 atom stereocenters. The Bertz CT molecular complexity index is 830. The summed E-state index contributed by atoms with van der Waals surface area (Å²) in [5.41, 5.74) is 1.82. The van der Waals surface area contributed by atoms with Crippen LogP contribution in [-0.4, -0.2) is 39.3 Å². The van der Waals surface area contributed by atoms with Crippen molar-refractivity contribution in [3.05, 3.63) is 54.1 Å². The Morgan fingerprint density at radius 1 is 1.08 bits per heavy atom. The third-order valence-corrected chi connectivity index (χ3v) is 5.47. The zero-order chi connectivity index (χ0) is 18.4. The molecule has 0 saturated carbocycles. The van der Waals surface area contributed by atoms with E-state index in [0.29, 0.717) is 5.75 Å². The number of nitrogens with one attached hydrogen (secondary N) is 1. The molecule has 134 valence electrons. The van der Waals surface area contributed by atoms with Gasteiger partial charge in [0.25, 0.3) is 5.91 Å². The van der Waals surface area contributed by atoms with Crippen LogP contribution >= 0.6 is 0 Å². The molecule has 1 N–H and O–H groups in total. The van der Waals surface area contributed by atoms with E-state index in [4.69, 9.17) is 4.74 Å². The van der Waals surface area contributed by atoms with E-state index in [2.05, 4.69) is 5.32 Å². The number of carbonyl (C=O) groups excluding carboxylic acids is 1. The van der Waals surface area contributed by atoms with Gasteiger partial charge in [-0.15, -0.1) is 0 Å². The minimum Gasteiger partial charge on any atom is -0.484 e. The molecule has 0 fully saturated rings. The van der Waals surface area contributed by atoms with E-state index in [9.17, 15) is 13.2 Å². The molecule has 1 amide bonds. The Labute approximate surface area is 148 Å². The van der Waals surface area contributed by atoms with Crippen LogP contribution in [0.3, 0.4) is 0 Å². The van der Waals surface area contributed by atoms with Crippen molar-refractivity contribution in [3.63, 3.8) is 0 Å². The summed E-state index contributed by atoms with van der Waals surface area (Å²) in [7, 11) is -0.534. The predicted octanol–water partition coefficient (Wildman–Crippen LogP) is 2.52. The summed E-state index contributed by atoms with van der Waals surface area (Å²) >= 11 is 0. The molecule has 2 aromatic carbocycles. The van der Waals surface area contributed by atoms with Crippen LogP contribution in [0, 0.1) is 0 Å². The standard InChI is InChI=1S/C18H22N2O4S/c1-4-14-7-5-6-8-17(14)19-18(21)13-24-15-9-11-16(12-10-15)25(22,23)20(2)3/h5-12H,4,13H2,1-3H3,(H,19,21). The van der Waals surface area contributed by atoms with E-state index in [1.807, 2.05) is 31.2 Å². The normalized spacial score (nSPS) is 11.4. The minimum absolute atomic E-state index is 0.155. The number of hydrogen-bond donors (Lipinski definition) is 1. The molecule has 7 heteroatoms. The first-order valence-corrected chi connectivity index (χ1v) is 9.31. The number of para-hydroxylation sites is 1. The molecule has 0 aliphatic carbocycles. The zero-order valence-electron chi connectivity index (χ0n) is 14.5. The van der Waals surface area contributed by atoms with E-state index >= 15 is 0 Å². The molecule has 0 unspecified atom stereocenters. The lowest BCUT2D eigenvalue weighted by Gasteiger charge is -2.12. The van der Waals surface area contributed by atoms with Crippen molar-refractivity contribution < 1.29 is 17.9 Å². The Morgan fingerprint density at radius 2 is 1.72 bits per heavy atom. The van der Waals surface area contributed by atoms with Gasteiger partial charge < -0.3 is 10.1 Å². The van der Waals surface area contributed by atoms with E-state index < -0.39 is 10.0 Å². The van der Waals surface area contributed by atoms with Gasteiger partial charge in [0.05, 0.1) is 4.90 Å². The molecule has 2 aromatic rings. The molecular weight excluding hydrogens is 340 g/mol. The number of amides is 1. The number of ether oxygens (including phenoxy) is 1. The van der Waals surface area contributed by atoms with E-state index in [1.54, 1.807) is 0 Å². The second-order valence-electron chi connectivity index (χ2n) is 5.61. The van der Waals surface area contributed by atoms with E-state index in [1.165, 1.54) is 38.4 Å². The number of carbonyl (C=O) groups is 1. The average molecular weight is 362 g/mol. The maximum atomic E-state index is 12.0. The number of rotatable bonds is 7. The van der Waals surface area contributed by atoms with Gasteiger partial charge in [-0.3, -0.25) is 4.79 Å². The summed E-state index contributed by atoms with van der Waals surface area (Å²) in [5, 5.41) is 2.82. The highest BCUT2D eigenvalue weighted by atomic mass is 32.2. The number of sulfonamides is 1. The summed E-state index contributed by atoms with van der Waals surface area (Å²) in [4.78, 5) is 12.2. The molecular formula is C18H22N2O4S. The third-order valence-electron chi connectivity index (χ3n) is 3.64. The van der Waals surface area contributed by atoms with Crippen molar-refractivity contribution in [2.24, 2.45) is 0 Å². The summed E-state index contributed by atoms with van der Waals surface area (Å²) in [5.74, 6) is 0.155. The Morgan fingerprint density at radius 3 is 2.32 bits per heavy atom. The van der Waals surface area contributed by atoms with Gasteiger partial charge in [0.15, 0.2) is 6.61 Å². The zero-order valence-corrected chi connectivity index (χ0v) is 15.3. The van der Waals surface area contributed by atoms with Crippen molar-refractivity contribution >= 4 is 21.6 Å². The number of nitrogens with zero attached hydrogens (tertiary/aromatic N) is 1. The van der Waals surface area contributed by atoms with E-state index in [0.717, 1.165) is 22.0 Å². The van der Waals surface area contributed by atoms with Crippen LogP contribution in [-0.2, 0) is 21.2 Å². The van der Waals surface area contributed by atoms with Crippen LogP contribution in [0.1, 0.15) is 12.5 Å². The first-order chi connectivity index (χ1) is 11.8. The van der Waals surface area contributed by atoms with E-state index in [-0.39, 0.29) is 17.4 Å². The van der Waals surface area contributed by atoms with Gasteiger partial charge in [-0.05, 0) is 42.3 Å². The summed E-state index contributed by atoms with van der Waals surface area (Å²) in [6.07, 6.45) is 0.819. The molecule has 0 heterocycles. The largest absolute Gasteiger partial charge is 0.484 e. The van der Waals surface area contributed by atoms with Crippen LogP contribution in [0.15, 0.2) is 53.4 Å². The Kier molecular flexibility index (Phi) is 6.17. The quantitative estimate of drug-likeness (QED) is 0.821. The topological polar surface area (TPSA) is 75.7 Å². The van der Waals surface area contributed by atoms with Crippen molar-refractivity contribution in [3.8, 4) is 5.75 Å². The SMILES string of the molecule is CCc1ccccc1NC(=O)COc1ccc(S(=O)(=O)N(C)C)cc1. The van der Waals surface area contributed by atoms with Crippen LogP contribution < -0.4 is 10.1 Å². The minimum atomic E-state index is -3.47. The molecule has 0 aliphatic rings. The summed E-state index contributed by atoms with van der Waals surface area (Å²) in [6, 6.07) is 13.6. The first-order valence-electron chi connectivity index (χ1n) is 7.87. The lowest BCUT2D eigenvalue weighted by atomic mass is 10.1. The maximum absolute atomic E-state index is 12.0. The average Bonchev–Trinajstić information content (AvgIpc) is 2.60. The van der Waals surface area contributed by atoms with Crippen LogP contribution in [0.25, 0.3) is 0 Å². The van der Waals surface area contributed by atoms with Gasteiger partial charge in [0.2, 0.25) is 10.0 Å². The van der Waals surface area contributed by atoms with Gasteiger partial charge in [0, 0.05) is 19.8 Å².